The van der Waals surface area contributed by atoms with Crippen LogP contribution < -0.4 is 30.8 Å². The van der Waals surface area contributed by atoms with Crippen molar-refractivity contribution in [3.63, 3.8) is 0 Å². The number of nitrogens with one attached hydrogen (secondary N) is 1. The molecule has 0 bridgehead atoms. The van der Waals surface area contributed by atoms with Crippen LogP contribution in [0.1, 0.15) is 5.56 Å². The number of aromatic nitrogens is 2. The number of ether oxygens (including phenoxy) is 3. The van der Waals surface area contributed by atoms with E-state index in [1.165, 1.54) is 4.57 Å². The van der Waals surface area contributed by atoms with Crippen LogP contribution in [0.15, 0.2) is 82.4 Å². The van der Waals surface area contributed by atoms with Crippen molar-refractivity contribution in [3.8, 4) is 17.2 Å². The molecule has 1 aliphatic rings. The van der Waals surface area contributed by atoms with Gasteiger partial charge in [-0.25, -0.2) is 4.79 Å². The fraction of sp³-hybridized carbons (Fsp3) is 0.259. The molecule has 0 amide bonds. The van der Waals surface area contributed by atoms with Gasteiger partial charge in [0.05, 0.1) is 24.6 Å². The Morgan fingerprint density at radius 1 is 0.943 bits per heavy atom. The summed E-state index contributed by atoms with van der Waals surface area (Å²) in [6.07, 6.45) is -0.123. The van der Waals surface area contributed by atoms with Crippen LogP contribution in [0, 0.1) is 0 Å². The summed E-state index contributed by atoms with van der Waals surface area (Å²) in [6.45, 7) is 2.16. The first-order chi connectivity index (χ1) is 17.1. The van der Waals surface area contributed by atoms with Gasteiger partial charge >= 0.3 is 5.69 Å². The zero-order valence-corrected chi connectivity index (χ0v) is 19.5. The molecular weight excluding hydrogens is 446 g/mol. The summed E-state index contributed by atoms with van der Waals surface area (Å²) in [4.78, 5) is 26.5. The van der Waals surface area contributed by atoms with E-state index in [2.05, 4.69) is 5.32 Å². The monoisotopic (exact) mass is 473 g/mol. The van der Waals surface area contributed by atoms with Crippen LogP contribution in [0.25, 0.3) is 10.9 Å². The van der Waals surface area contributed by atoms with E-state index >= 15 is 0 Å². The highest BCUT2D eigenvalue weighted by Gasteiger charge is 2.20. The second kappa shape index (κ2) is 10.1. The first-order valence-corrected chi connectivity index (χ1v) is 11.6. The van der Waals surface area contributed by atoms with Gasteiger partial charge in [0.1, 0.15) is 18.5 Å². The normalized spacial score (nSPS) is 14.7. The molecule has 0 radical (unpaired) electrons. The minimum atomic E-state index is -0.336. The van der Waals surface area contributed by atoms with E-state index < -0.39 is 0 Å². The number of hydrogen-bond acceptors (Lipinski definition) is 6. The number of methoxy groups -OCH3 is 1. The van der Waals surface area contributed by atoms with E-state index in [1.54, 1.807) is 17.7 Å². The second-order valence-corrected chi connectivity index (χ2v) is 8.39. The fourth-order valence-corrected chi connectivity index (χ4v) is 4.26. The third-order valence-corrected chi connectivity index (χ3v) is 6.08. The van der Waals surface area contributed by atoms with Crippen LogP contribution in [-0.2, 0) is 13.1 Å². The molecule has 0 saturated carbocycles. The predicted octanol–water partition coefficient (Wildman–Crippen LogP) is 2.65. The Morgan fingerprint density at radius 2 is 1.69 bits per heavy atom. The van der Waals surface area contributed by atoms with E-state index in [0.29, 0.717) is 37.1 Å². The van der Waals surface area contributed by atoms with Crippen molar-refractivity contribution in [2.75, 3.05) is 26.8 Å². The van der Waals surface area contributed by atoms with Gasteiger partial charge in [-0.1, -0.05) is 36.4 Å². The molecule has 2 heterocycles. The molecule has 1 aromatic heterocycles. The Hall–Kier alpha value is -4.04. The van der Waals surface area contributed by atoms with E-state index in [0.717, 1.165) is 22.8 Å². The van der Waals surface area contributed by atoms with Crippen molar-refractivity contribution in [1.29, 1.82) is 0 Å². The molecule has 180 valence electrons. The van der Waals surface area contributed by atoms with Crippen molar-refractivity contribution < 1.29 is 14.2 Å². The maximum atomic E-state index is 13.4. The molecule has 4 aromatic rings. The van der Waals surface area contributed by atoms with Crippen LogP contribution in [0.3, 0.4) is 0 Å². The average Bonchev–Trinajstić information content (AvgIpc) is 2.91. The van der Waals surface area contributed by atoms with Crippen molar-refractivity contribution in [2.45, 2.75) is 19.2 Å². The zero-order valence-electron chi connectivity index (χ0n) is 19.5. The standard InChI is InChI=1S/C27H27N3O5/c1-33-20-12-10-19(11-13-20)17-30-26(31)22-6-2-3-7-23(22)29(27(30)32)15-14-28-16-21-18-34-24-8-4-5-9-25(24)35-21/h2-13,21,28H,14-18H2,1H3/t21-/m1/s1. The molecule has 0 aliphatic carbocycles. The van der Waals surface area contributed by atoms with E-state index in [9.17, 15) is 9.59 Å². The zero-order chi connectivity index (χ0) is 24.2. The second-order valence-electron chi connectivity index (χ2n) is 8.39. The lowest BCUT2D eigenvalue weighted by atomic mass is 10.2. The lowest BCUT2D eigenvalue weighted by Gasteiger charge is -2.26. The summed E-state index contributed by atoms with van der Waals surface area (Å²) in [6, 6.07) is 22.2. The molecule has 0 unspecified atom stereocenters. The highest BCUT2D eigenvalue weighted by atomic mass is 16.6. The van der Waals surface area contributed by atoms with Crippen molar-refractivity contribution in [1.82, 2.24) is 14.5 Å². The smallest absolute Gasteiger partial charge is 0.331 e. The summed E-state index contributed by atoms with van der Waals surface area (Å²) in [7, 11) is 1.60. The van der Waals surface area contributed by atoms with E-state index in [1.807, 2.05) is 66.7 Å². The largest absolute Gasteiger partial charge is 0.497 e. The molecule has 1 N–H and O–H groups in total. The Bertz CT molecular complexity index is 1440. The Morgan fingerprint density at radius 3 is 2.49 bits per heavy atom. The fourth-order valence-electron chi connectivity index (χ4n) is 4.26. The van der Waals surface area contributed by atoms with Crippen LogP contribution in [-0.4, -0.2) is 42.0 Å². The van der Waals surface area contributed by atoms with Gasteiger partial charge < -0.3 is 19.5 Å². The predicted molar refractivity (Wildman–Crippen MR) is 134 cm³/mol. The molecular formula is C27H27N3O5. The van der Waals surface area contributed by atoms with Gasteiger partial charge in [-0.15, -0.1) is 0 Å². The van der Waals surface area contributed by atoms with Crippen molar-refractivity contribution in [2.24, 2.45) is 0 Å². The van der Waals surface area contributed by atoms with Gasteiger partial charge in [0.15, 0.2) is 11.5 Å². The number of nitrogens with zero attached hydrogens (tertiary/aromatic N) is 2. The topological polar surface area (TPSA) is 83.7 Å². The summed E-state index contributed by atoms with van der Waals surface area (Å²) < 4.78 is 19.9. The van der Waals surface area contributed by atoms with Gasteiger partial charge in [-0.05, 0) is 42.0 Å². The summed E-state index contributed by atoms with van der Waals surface area (Å²) in [5.74, 6) is 2.21. The van der Waals surface area contributed by atoms with Gasteiger partial charge in [-0.3, -0.25) is 13.9 Å². The highest BCUT2D eigenvalue weighted by Crippen LogP contribution is 2.30. The van der Waals surface area contributed by atoms with E-state index in [-0.39, 0.29) is 23.9 Å². The van der Waals surface area contributed by atoms with E-state index in [4.69, 9.17) is 14.2 Å². The average molecular weight is 474 g/mol. The lowest BCUT2D eigenvalue weighted by molar-refractivity contribution is 0.0904. The molecule has 35 heavy (non-hydrogen) atoms. The maximum absolute atomic E-state index is 13.4. The summed E-state index contributed by atoms with van der Waals surface area (Å²) in [5, 5.41) is 3.87. The number of benzene rings is 3. The Labute approximate surface area is 202 Å². The summed E-state index contributed by atoms with van der Waals surface area (Å²) in [5.41, 5.74) is 0.843. The molecule has 3 aromatic carbocycles. The number of para-hydroxylation sites is 3. The van der Waals surface area contributed by atoms with Gasteiger partial charge in [0, 0.05) is 19.6 Å². The Balaban J connectivity index is 1.32. The van der Waals surface area contributed by atoms with Crippen molar-refractivity contribution in [3.05, 3.63) is 99.2 Å². The third-order valence-electron chi connectivity index (χ3n) is 6.08. The maximum Gasteiger partial charge on any atom is 0.331 e. The van der Waals surface area contributed by atoms with Crippen LogP contribution in [0.5, 0.6) is 17.2 Å². The van der Waals surface area contributed by atoms with Gasteiger partial charge in [0.25, 0.3) is 5.56 Å². The van der Waals surface area contributed by atoms with Crippen molar-refractivity contribution >= 4 is 10.9 Å². The number of hydrogen-bond donors (Lipinski definition) is 1. The number of rotatable bonds is 8. The first-order valence-electron chi connectivity index (χ1n) is 11.6. The molecule has 0 spiro atoms. The minimum absolute atomic E-state index is 0.123. The van der Waals surface area contributed by atoms with Gasteiger partial charge in [0.2, 0.25) is 0 Å². The number of fused-ring (bicyclic) bond motifs is 2. The highest BCUT2D eigenvalue weighted by molar-refractivity contribution is 5.77. The minimum Gasteiger partial charge on any atom is -0.497 e. The van der Waals surface area contributed by atoms with Gasteiger partial charge in [-0.2, -0.15) is 0 Å². The lowest BCUT2D eigenvalue weighted by Crippen LogP contribution is -2.43. The van der Waals surface area contributed by atoms with Crippen LogP contribution in [0.2, 0.25) is 0 Å². The molecule has 1 atom stereocenters. The molecule has 5 rings (SSSR count). The molecule has 0 saturated heterocycles. The SMILES string of the molecule is COc1ccc(Cn2c(=O)c3ccccc3n(CCNC[C@@H]3COc4ccccc4O3)c2=O)cc1. The summed E-state index contributed by atoms with van der Waals surface area (Å²) >= 11 is 0. The third kappa shape index (κ3) is 4.79. The molecule has 8 heteroatoms. The molecule has 1 aliphatic heterocycles. The first kappa shape index (κ1) is 22.7. The van der Waals surface area contributed by atoms with Crippen LogP contribution in [0.4, 0.5) is 0 Å². The Kier molecular flexibility index (Phi) is 6.54. The van der Waals surface area contributed by atoms with Crippen LogP contribution >= 0.6 is 0 Å². The quantitative estimate of drug-likeness (QED) is 0.396. The molecule has 0 fully saturated rings. The molecule has 8 nitrogen and oxygen atoms in total.